The number of benzene rings is 1. The maximum Gasteiger partial charge on any atom is 0.275 e. The number of nitrogens with one attached hydrogen (secondary N) is 1. The quantitative estimate of drug-likeness (QED) is 0.905. The molecule has 1 aromatic carbocycles. The Morgan fingerprint density at radius 2 is 2.20 bits per heavy atom. The van der Waals surface area contributed by atoms with Gasteiger partial charge in [-0.15, -0.1) is 0 Å². The second kappa shape index (κ2) is 6.07. The number of nitrogens with zero attached hydrogens (tertiary/aromatic N) is 2. The highest BCUT2D eigenvalue weighted by molar-refractivity contribution is 6.31. The average Bonchev–Trinajstić information content (AvgIpc) is 2.41. The van der Waals surface area contributed by atoms with Crippen molar-refractivity contribution >= 4 is 11.6 Å². The minimum atomic E-state index is -0.395. The lowest BCUT2D eigenvalue weighted by Crippen LogP contribution is -2.24. The lowest BCUT2D eigenvalue weighted by Gasteiger charge is -2.11. The van der Waals surface area contributed by atoms with Gasteiger partial charge < -0.3 is 10.4 Å². The largest absolute Gasteiger partial charge is 0.506 e. The predicted molar refractivity (Wildman–Crippen MR) is 78.6 cm³/mol. The van der Waals surface area contributed by atoms with Crippen molar-refractivity contribution in [2.75, 3.05) is 6.54 Å². The van der Waals surface area contributed by atoms with Crippen molar-refractivity contribution in [2.45, 2.75) is 20.4 Å². The van der Waals surface area contributed by atoms with Gasteiger partial charge in [0.1, 0.15) is 11.4 Å². The second-order valence-electron chi connectivity index (χ2n) is 4.39. The van der Waals surface area contributed by atoms with Gasteiger partial charge in [-0.05, 0) is 31.2 Å². The Hall–Kier alpha value is -1.85. The zero-order valence-corrected chi connectivity index (χ0v) is 12.1. The van der Waals surface area contributed by atoms with E-state index in [1.165, 1.54) is 10.7 Å². The Morgan fingerprint density at radius 3 is 2.90 bits per heavy atom. The fourth-order valence-corrected chi connectivity index (χ4v) is 2.02. The minimum Gasteiger partial charge on any atom is -0.506 e. The Kier molecular flexibility index (Phi) is 4.42. The summed E-state index contributed by atoms with van der Waals surface area (Å²) in [6, 6.07) is 6.45. The maximum absolute atomic E-state index is 12.0. The molecule has 5 nitrogen and oxygen atoms in total. The second-order valence-corrected chi connectivity index (χ2v) is 4.80. The van der Waals surface area contributed by atoms with Crippen LogP contribution in [0.3, 0.4) is 0 Å². The summed E-state index contributed by atoms with van der Waals surface area (Å²) in [7, 11) is 0. The third-order valence-electron chi connectivity index (χ3n) is 3.00. The number of hydrogen-bond donors (Lipinski definition) is 2. The molecule has 2 aromatic rings. The van der Waals surface area contributed by atoms with Gasteiger partial charge in [0.05, 0.1) is 5.69 Å². The third kappa shape index (κ3) is 2.84. The van der Waals surface area contributed by atoms with E-state index in [-0.39, 0.29) is 5.75 Å². The topological polar surface area (TPSA) is 67.2 Å². The van der Waals surface area contributed by atoms with Crippen molar-refractivity contribution in [3.8, 4) is 11.4 Å². The molecule has 2 rings (SSSR count). The van der Waals surface area contributed by atoms with Crippen molar-refractivity contribution in [3.63, 3.8) is 0 Å². The first kappa shape index (κ1) is 14.6. The van der Waals surface area contributed by atoms with Crippen LogP contribution in [0.4, 0.5) is 0 Å². The molecular formula is C14H16ClN3O2. The van der Waals surface area contributed by atoms with Gasteiger partial charge in [-0.3, -0.25) is 4.79 Å². The first-order valence-corrected chi connectivity index (χ1v) is 6.70. The Labute approximate surface area is 121 Å². The molecule has 0 saturated carbocycles. The number of hydrogen-bond acceptors (Lipinski definition) is 4. The SMILES string of the molecule is CCNCc1nn(-c2cccc(Cl)c2C)c(=O)cc1O. The molecule has 0 radical (unpaired) electrons. The zero-order valence-electron chi connectivity index (χ0n) is 11.4. The highest BCUT2D eigenvalue weighted by Crippen LogP contribution is 2.21. The molecule has 6 heteroatoms. The van der Waals surface area contributed by atoms with E-state index < -0.39 is 5.56 Å². The highest BCUT2D eigenvalue weighted by Gasteiger charge is 2.11. The van der Waals surface area contributed by atoms with Crippen LogP contribution < -0.4 is 10.9 Å². The molecule has 106 valence electrons. The van der Waals surface area contributed by atoms with Crippen LogP contribution in [0.15, 0.2) is 29.1 Å². The molecule has 0 aliphatic carbocycles. The molecule has 1 aromatic heterocycles. The van der Waals surface area contributed by atoms with Crippen molar-refractivity contribution in [1.29, 1.82) is 0 Å². The lowest BCUT2D eigenvalue weighted by atomic mass is 10.2. The predicted octanol–water partition coefficient (Wildman–Crippen LogP) is 2.01. The number of rotatable bonds is 4. The van der Waals surface area contributed by atoms with Crippen molar-refractivity contribution in [3.05, 3.63) is 50.9 Å². The van der Waals surface area contributed by atoms with Crippen LogP contribution in [0.5, 0.6) is 5.75 Å². The van der Waals surface area contributed by atoms with Gasteiger partial charge in [0.2, 0.25) is 0 Å². The van der Waals surface area contributed by atoms with Crippen molar-refractivity contribution < 1.29 is 5.11 Å². The molecule has 0 spiro atoms. The maximum atomic E-state index is 12.0. The summed E-state index contributed by atoms with van der Waals surface area (Å²) >= 11 is 6.07. The molecule has 0 aliphatic rings. The number of aromatic nitrogens is 2. The van der Waals surface area contributed by atoms with E-state index in [0.717, 1.165) is 12.1 Å². The van der Waals surface area contributed by atoms with Crippen LogP contribution in [-0.4, -0.2) is 21.4 Å². The average molecular weight is 294 g/mol. The van der Waals surface area contributed by atoms with Gasteiger partial charge in [-0.2, -0.15) is 9.78 Å². The number of aromatic hydroxyl groups is 1. The molecule has 0 amide bonds. The summed E-state index contributed by atoms with van der Waals surface area (Å²) < 4.78 is 1.26. The zero-order chi connectivity index (χ0) is 14.7. The normalized spacial score (nSPS) is 10.8. The first-order chi connectivity index (χ1) is 9.54. The standard InChI is InChI=1S/C14H16ClN3O2/c1-3-16-8-11-13(19)7-14(20)18(17-11)12-6-4-5-10(15)9(12)2/h4-7,16,19H,3,8H2,1-2H3. The molecule has 0 bridgehead atoms. The van der Waals surface area contributed by atoms with Crippen LogP contribution in [0.1, 0.15) is 18.2 Å². The van der Waals surface area contributed by atoms with E-state index in [1.807, 2.05) is 13.8 Å². The third-order valence-corrected chi connectivity index (χ3v) is 3.40. The fourth-order valence-electron chi connectivity index (χ4n) is 1.85. The van der Waals surface area contributed by atoms with Gasteiger partial charge in [-0.1, -0.05) is 24.6 Å². The highest BCUT2D eigenvalue weighted by atomic mass is 35.5. The Morgan fingerprint density at radius 1 is 1.45 bits per heavy atom. The molecular weight excluding hydrogens is 278 g/mol. The van der Waals surface area contributed by atoms with Gasteiger partial charge in [0.25, 0.3) is 5.56 Å². The smallest absolute Gasteiger partial charge is 0.275 e. The molecule has 0 unspecified atom stereocenters. The molecule has 0 fully saturated rings. The molecule has 0 aliphatic heterocycles. The van der Waals surface area contributed by atoms with E-state index in [2.05, 4.69) is 10.4 Å². The van der Waals surface area contributed by atoms with E-state index in [9.17, 15) is 9.90 Å². The van der Waals surface area contributed by atoms with E-state index in [0.29, 0.717) is 22.9 Å². The summed E-state index contributed by atoms with van der Waals surface area (Å²) in [5.41, 5.74) is 1.41. The Balaban J connectivity index is 2.56. The Bertz CT molecular complexity index is 683. The first-order valence-electron chi connectivity index (χ1n) is 6.33. The summed E-state index contributed by atoms with van der Waals surface area (Å²) in [5, 5.41) is 17.6. The fraction of sp³-hybridized carbons (Fsp3) is 0.286. The van der Waals surface area contributed by atoms with Gasteiger partial charge in [0, 0.05) is 17.6 Å². The molecule has 0 atom stereocenters. The molecule has 20 heavy (non-hydrogen) atoms. The summed E-state index contributed by atoms with van der Waals surface area (Å²) in [6.07, 6.45) is 0. The van der Waals surface area contributed by atoms with Gasteiger partial charge in [0.15, 0.2) is 0 Å². The minimum absolute atomic E-state index is 0.105. The van der Waals surface area contributed by atoms with E-state index in [4.69, 9.17) is 11.6 Å². The van der Waals surface area contributed by atoms with Gasteiger partial charge >= 0.3 is 0 Å². The number of halogens is 1. The van der Waals surface area contributed by atoms with Crippen LogP contribution in [0.25, 0.3) is 5.69 Å². The summed E-state index contributed by atoms with van der Waals surface area (Å²) in [5.74, 6) is -0.105. The van der Waals surface area contributed by atoms with Gasteiger partial charge in [-0.25, -0.2) is 0 Å². The van der Waals surface area contributed by atoms with Crippen LogP contribution in [0.2, 0.25) is 5.02 Å². The lowest BCUT2D eigenvalue weighted by molar-refractivity contribution is 0.452. The van der Waals surface area contributed by atoms with E-state index >= 15 is 0 Å². The van der Waals surface area contributed by atoms with Crippen molar-refractivity contribution in [2.24, 2.45) is 0 Å². The summed E-state index contributed by atoms with van der Waals surface area (Å²) in [6.45, 7) is 4.91. The van der Waals surface area contributed by atoms with E-state index in [1.54, 1.807) is 18.2 Å². The monoisotopic (exact) mass is 293 g/mol. The summed E-state index contributed by atoms with van der Waals surface area (Å²) in [4.78, 5) is 12.0. The van der Waals surface area contributed by atoms with Crippen LogP contribution in [-0.2, 0) is 6.54 Å². The molecule has 0 saturated heterocycles. The van der Waals surface area contributed by atoms with Crippen LogP contribution >= 0.6 is 11.6 Å². The molecule has 2 N–H and O–H groups in total. The van der Waals surface area contributed by atoms with Crippen molar-refractivity contribution in [1.82, 2.24) is 15.1 Å². The molecule has 1 heterocycles. The van der Waals surface area contributed by atoms with Crippen LogP contribution in [0, 0.1) is 6.92 Å².